The summed E-state index contributed by atoms with van der Waals surface area (Å²) in [6.45, 7) is 7.54. The third-order valence-electron chi connectivity index (χ3n) is 6.17. The molecule has 10 heteroatoms. The molecule has 1 atom stereocenters. The lowest BCUT2D eigenvalue weighted by molar-refractivity contribution is -0.111. The number of nitrogens with zero attached hydrogens (tertiary/aromatic N) is 3. The van der Waals surface area contributed by atoms with Gasteiger partial charge in [-0.25, -0.2) is 18.7 Å². The molecule has 4 rings (SSSR count). The smallest absolute Gasteiger partial charge is 0.248 e. The van der Waals surface area contributed by atoms with E-state index in [9.17, 15) is 13.6 Å². The first-order chi connectivity index (χ1) is 18.4. The zero-order chi connectivity index (χ0) is 27.1. The predicted molar refractivity (Wildman–Crippen MR) is 143 cm³/mol. The molecule has 198 valence electrons. The molecule has 0 bridgehead atoms. The molecule has 2 aromatic carbocycles. The Morgan fingerprint density at radius 2 is 2.03 bits per heavy atom. The lowest BCUT2D eigenvalue weighted by Gasteiger charge is -2.18. The number of aromatic nitrogens is 2. The monoisotopic (exact) mass is 521 g/mol. The van der Waals surface area contributed by atoms with Gasteiger partial charge in [0.15, 0.2) is 0 Å². The van der Waals surface area contributed by atoms with Gasteiger partial charge in [-0.3, -0.25) is 4.79 Å². The second-order valence-electron chi connectivity index (χ2n) is 8.65. The molecular weight excluding hydrogens is 492 g/mol. The Morgan fingerprint density at radius 3 is 2.74 bits per heavy atom. The van der Waals surface area contributed by atoms with E-state index in [-0.39, 0.29) is 29.1 Å². The van der Waals surface area contributed by atoms with Crippen LogP contribution >= 0.6 is 0 Å². The van der Waals surface area contributed by atoms with Crippen LogP contribution in [0.5, 0.6) is 5.75 Å². The molecule has 1 aliphatic heterocycles. The topological polar surface area (TPSA) is 88.6 Å². The van der Waals surface area contributed by atoms with Gasteiger partial charge in [0, 0.05) is 36.6 Å². The van der Waals surface area contributed by atoms with E-state index < -0.39 is 11.6 Å². The molecule has 1 aliphatic rings. The third kappa shape index (κ3) is 6.43. The SMILES string of the molecule is C#Cc1cc(Nc2ncnc3cc(OC4CCOC4)c(NC(=O)C=CCN(CC)CC)cc23)c(F)cc1F. The Kier molecular flexibility index (Phi) is 8.84. The van der Waals surface area contributed by atoms with E-state index in [4.69, 9.17) is 15.9 Å². The van der Waals surface area contributed by atoms with E-state index >= 15 is 0 Å². The molecular formula is C28H29F2N5O3. The number of rotatable bonds is 10. The fraction of sp³-hybridized carbons (Fsp3) is 0.321. The molecule has 2 heterocycles. The van der Waals surface area contributed by atoms with E-state index in [1.165, 1.54) is 18.5 Å². The minimum Gasteiger partial charge on any atom is -0.486 e. The molecule has 1 unspecified atom stereocenters. The minimum absolute atomic E-state index is 0.0484. The molecule has 2 N–H and O–H groups in total. The summed E-state index contributed by atoms with van der Waals surface area (Å²) in [6, 6.07) is 5.25. The summed E-state index contributed by atoms with van der Waals surface area (Å²) in [5.74, 6) is 0.855. The van der Waals surface area contributed by atoms with Crippen molar-refractivity contribution in [1.29, 1.82) is 0 Å². The van der Waals surface area contributed by atoms with Gasteiger partial charge in [-0.05, 0) is 25.2 Å². The molecule has 38 heavy (non-hydrogen) atoms. The maximum atomic E-state index is 14.5. The van der Waals surface area contributed by atoms with Crippen molar-refractivity contribution in [3.63, 3.8) is 0 Å². The van der Waals surface area contributed by atoms with Crippen molar-refractivity contribution < 1.29 is 23.0 Å². The van der Waals surface area contributed by atoms with Crippen LogP contribution in [0.4, 0.5) is 26.0 Å². The average molecular weight is 522 g/mol. The minimum atomic E-state index is -0.833. The molecule has 3 aromatic rings. The molecule has 1 saturated heterocycles. The van der Waals surface area contributed by atoms with Gasteiger partial charge >= 0.3 is 0 Å². The van der Waals surface area contributed by atoms with Crippen molar-refractivity contribution in [3.05, 3.63) is 59.9 Å². The van der Waals surface area contributed by atoms with Gasteiger partial charge in [-0.2, -0.15) is 0 Å². The first-order valence-electron chi connectivity index (χ1n) is 12.4. The number of hydrogen-bond donors (Lipinski definition) is 2. The Balaban J connectivity index is 1.68. The zero-order valence-corrected chi connectivity index (χ0v) is 21.3. The number of carbonyl (C=O) groups excluding carboxylic acids is 1. The summed E-state index contributed by atoms with van der Waals surface area (Å²) in [6.07, 6.45) is 10.5. The number of amides is 1. The normalized spacial score (nSPS) is 15.2. The van der Waals surface area contributed by atoms with Crippen molar-refractivity contribution in [2.45, 2.75) is 26.4 Å². The number of nitrogens with one attached hydrogen (secondary N) is 2. The lowest BCUT2D eigenvalue weighted by atomic mass is 10.1. The fourth-order valence-corrected chi connectivity index (χ4v) is 4.01. The number of hydrogen-bond acceptors (Lipinski definition) is 7. The van der Waals surface area contributed by atoms with E-state index in [1.807, 2.05) is 0 Å². The number of anilines is 3. The second kappa shape index (κ2) is 12.4. The van der Waals surface area contributed by atoms with Crippen molar-refractivity contribution >= 4 is 34.0 Å². The highest BCUT2D eigenvalue weighted by atomic mass is 19.1. The van der Waals surface area contributed by atoms with Gasteiger partial charge in [0.25, 0.3) is 0 Å². The molecule has 0 radical (unpaired) electrons. The van der Waals surface area contributed by atoms with Crippen molar-refractivity contribution in [1.82, 2.24) is 14.9 Å². The van der Waals surface area contributed by atoms with Crippen LogP contribution in [0.2, 0.25) is 0 Å². The highest BCUT2D eigenvalue weighted by Crippen LogP contribution is 2.35. The number of likely N-dealkylation sites (N-methyl/N-ethyl adjacent to an activating group) is 1. The Bertz CT molecular complexity index is 1380. The number of carbonyl (C=O) groups is 1. The molecule has 8 nitrogen and oxygen atoms in total. The van der Waals surface area contributed by atoms with E-state index in [0.29, 0.717) is 54.6 Å². The molecule has 0 aliphatic carbocycles. The Morgan fingerprint density at radius 1 is 1.21 bits per heavy atom. The summed E-state index contributed by atoms with van der Waals surface area (Å²) in [4.78, 5) is 23.5. The van der Waals surface area contributed by atoms with E-state index in [1.54, 1.807) is 18.2 Å². The van der Waals surface area contributed by atoms with E-state index in [0.717, 1.165) is 13.1 Å². The number of ether oxygens (including phenoxy) is 2. The van der Waals surface area contributed by atoms with Crippen LogP contribution in [-0.2, 0) is 9.53 Å². The number of halogens is 2. The summed E-state index contributed by atoms with van der Waals surface area (Å²) in [5, 5.41) is 6.22. The van der Waals surface area contributed by atoms with Gasteiger partial charge in [-0.15, -0.1) is 6.42 Å². The van der Waals surface area contributed by atoms with Gasteiger partial charge in [-0.1, -0.05) is 25.8 Å². The number of benzene rings is 2. The summed E-state index contributed by atoms with van der Waals surface area (Å²) in [5.41, 5.74) is 0.744. The number of terminal acetylenes is 1. The van der Waals surface area contributed by atoms with Crippen LogP contribution in [0.25, 0.3) is 10.9 Å². The summed E-state index contributed by atoms with van der Waals surface area (Å²) < 4.78 is 39.9. The van der Waals surface area contributed by atoms with Gasteiger partial charge < -0.3 is 25.0 Å². The van der Waals surface area contributed by atoms with Gasteiger partial charge in [0.05, 0.1) is 35.7 Å². The zero-order valence-electron chi connectivity index (χ0n) is 21.3. The molecule has 0 saturated carbocycles. The molecule has 1 fully saturated rings. The van der Waals surface area contributed by atoms with Crippen molar-refractivity contribution in [3.8, 4) is 18.1 Å². The first-order valence-corrected chi connectivity index (χ1v) is 12.4. The first kappa shape index (κ1) is 27.0. The number of fused-ring (bicyclic) bond motifs is 1. The van der Waals surface area contributed by atoms with Crippen LogP contribution in [0, 0.1) is 24.0 Å². The molecule has 1 amide bonds. The van der Waals surface area contributed by atoms with Crippen LogP contribution in [0.3, 0.4) is 0 Å². The third-order valence-corrected chi connectivity index (χ3v) is 6.17. The summed E-state index contributed by atoms with van der Waals surface area (Å²) >= 11 is 0. The van der Waals surface area contributed by atoms with Gasteiger partial charge in [0.1, 0.15) is 35.6 Å². The Hall–Kier alpha value is -4.07. The van der Waals surface area contributed by atoms with E-state index in [2.05, 4.69) is 45.3 Å². The molecule has 0 spiro atoms. The average Bonchev–Trinajstić information content (AvgIpc) is 3.42. The maximum Gasteiger partial charge on any atom is 0.248 e. The summed E-state index contributed by atoms with van der Waals surface area (Å²) in [7, 11) is 0. The van der Waals surface area contributed by atoms with Crippen LogP contribution in [-0.4, -0.2) is 59.7 Å². The lowest BCUT2D eigenvalue weighted by Crippen LogP contribution is -2.23. The standard InChI is InChI=1S/C28H29F2N5O3/c1-4-18-12-24(22(30)14-21(18)29)34-28-20-13-25(33-27(36)8-7-10-35(5-2)6-3)26(15-23(20)31-17-32-28)38-19-9-11-37-16-19/h1,7-8,12-15,17,19H,5-6,9-11,16H2,2-3H3,(H,33,36)(H,31,32,34). The molecule has 1 aromatic heterocycles. The van der Waals surface area contributed by atoms with Crippen LogP contribution in [0.15, 0.2) is 42.7 Å². The largest absolute Gasteiger partial charge is 0.486 e. The fourth-order valence-electron chi connectivity index (χ4n) is 4.01. The van der Waals surface area contributed by atoms with Gasteiger partial charge in [0.2, 0.25) is 5.91 Å². The van der Waals surface area contributed by atoms with Crippen LogP contribution in [0.1, 0.15) is 25.8 Å². The predicted octanol–water partition coefficient (Wildman–Crippen LogP) is 4.64. The van der Waals surface area contributed by atoms with Crippen molar-refractivity contribution in [2.75, 3.05) is 43.5 Å². The van der Waals surface area contributed by atoms with Crippen molar-refractivity contribution in [2.24, 2.45) is 0 Å². The highest BCUT2D eigenvalue weighted by molar-refractivity contribution is 6.03. The Labute approximate surface area is 220 Å². The second-order valence-corrected chi connectivity index (χ2v) is 8.65. The maximum absolute atomic E-state index is 14.5. The van der Waals surface area contributed by atoms with Crippen LogP contribution < -0.4 is 15.4 Å². The quantitative estimate of drug-likeness (QED) is 0.297. The highest BCUT2D eigenvalue weighted by Gasteiger charge is 2.21.